The van der Waals surface area contributed by atoms with Crippen molar-refractivity contribution in [2.24, 2.45) is 0 Å². The number of aromatic nitrogens is 3. The topological polar surface area (TPSA) is 38.7 Å². The molecule has 0 spiro atoms. The van der Waals surface area contributed by atoms with Crippen molar-refractivity contribution in [1.82, 2.24) is 13.7 Å². The van der Waals surface area contributed by atoms with Gasteiger partial charge in [0, 0.05) is 11.8 Å². The molecule has 2 heterocycles. The van der Waals surface area contributed by atoms with E-state index in [0.717, 1.165) is 22.3 Å². The van der Waals surface area contributed by atoms with Crippen molar-refractivity contribution < 1.29 is 0 Å². The zero-order chi connectivity index (χ0) is 10.1. The zero-order valence-electron chi connectivity index (χ0n) is 7.79. The lowest BCUT2D eigenvalue weighted by atomic mass is 10.1. The molecule has 4 heteroatoms. The summed E-state index contributed by atoms with van der Waals surface area (Å²) in [4.78, 5) is 4.30. The molecule has 72 valence electrons. The summed E-state index contributed by atoms with van der Waals surface area (Å²) in [5, 5.41) is 0. The van der Waals surface area contributed by atoms with Gasteiger partial charge in [-0.3, -0.25) is 4.98 Å². The number of hydrogen-bond acceptors (Lipinski definition) is 4. The molecule has 0 bridgehead atoms. The second-order valence-corrected chi connectivity index (χ2v) is 3.71. The molecule has 0 atom stereocenters. The van der Waals surface area contributed by atoms with Crippen molar-refractivity contribution >= 4 is 22.8 Å². The summed E-state index contributed by atoms with van der Waals surface area (Å²) in [7, 11) is 0. The maximum absolute atomic E-state index is 4.30. The Balaban J connectivity index is 2.19. The highest BCUT2D eigenvalue weighted by Crippen LogP contribution is 2.21. The van der Waals surface area contributed by atoms with Crippen molar-refractivity contribution in [1.29, 1.82) is 0 Å². The maximum Gasteiger partial charge on any atom is 0.105 e. The third kappa shape index (κ3) is 1.49. The lowest BCUT2D eigenvalue weighted by molar-refractivity contribution is 1.33. The Bertz CT molecular complexity index is 589. The van der Waals surface area contributed by atoms with Gasteiger partial charge in [0.05, 0.1) is 17.4 Å². The molecule has 0 amide bonds. The van der Waals surface area contributed by atoms with Crippen molar-refractivity contribution in [2.45, 2.75) is 0 Å². The minimum atomic E-state index is 0.933. The van der Waals surface area contributed by atoms with Crippen LogP contribution < -0.4 is 0 Å². The van der Waals surface area contributed by atoms with Crippen LogP contribution in [-0.4, -0.2) is 13.7 Å². The molecule has 15 heavy (non-hydrogen) atoms. The highest BCUT2D eigenvalue weighted by atomic mass is 32.1. The average Bonchev–Trinajstić information content (AvgIpc) is 2.77. The first kappa shape index (κ1) is 8.49. The Labute approximate surface area is 90.8 Å². The minimum Gasteiger partial charge on any atom is -0.256 e. The Hall–Kier alpha value is -1.81. The summed E-state index contributed by atoms with van der Waals surface area (Å²) in [5.74, 6) is 0. The quantitative estimate of drug-likeness (QED) is 0.624. The van der Waals surface area contributed by atoms with E-state index in [1.165, 1.54) is 11.7 Å². The molecule has 0 aliphatic rings. The summed E-state index contributed by atoms with van der Waals surface area (Å²) in [6, 6.07) is 11.9. The number of pyridine rings is 1. The van der Waals surface area contributed by atoms with E-state index < -0.39 is 0 Å². The van der Waals surface area contributed by atoms with Crippen molar-refractivity contribution in [3.63, 3.8) is 0 Å². The molecule has 0 saturated heterocycles. The number of rotatable bonds is 1. The zero-order valence-corrected chi connectivity index (χ0v) is 8.61. The van der Waals surface area contributed by atoms with Crippen molar-refractivity contribution in [3.8, 4) is 11.3 Å². The first-order valence-electron chi connectivity index (χ1n) is 4.57. The molecule has 0 aliphatic heterocycles. The summed E-state index contributed by atoms with van der Waals surface area (Å²) in [6.45, 7) is 0. The first-order valence-corrected chi connectivity index (χ1v) is 5.30. The fourth-order valence-corrected chi connectivity index (χ4v) is 1.99. The van der Waals surface area contributed by atoms with E-state index in [2.05, 4.69) is 13.7 Å². The van der Waals surface area contributed by atoms with Crippen LogP contribution in [0.2, 0.25) is 0 Å². The monoisotopic (exact) mass is 213 g/mol. The second kappa shape index (κ2) is 3.40. The predicted octanol–water partition coefficient (Wildman–Crippen LogP) is 2.75. The van der Waals surface area contributed by atoms with Gasteiger partial charge in [-0.1, -0.05) is 12.1 Å². The van der Waals surface area contributed by atoms with Gasteiger partial charge in [0.25, 0.3) is 0 Å². The van der Waals surface area contributed by atoms with Gasteiger partial charge in [0.15, 0.2) is 0 Å². The number of nitrogens with zero attached hydrogens (tertiary/aromatic N) is 3. The van der Waals surface area contributed by atoms with Crippen LogP contribution in [0.1, 0.15) is 0 Å². The molecular formula is C11H7N3S. The molecule has 0 saturated carbocycles. The molecule has 1 aromatic carbocycles. The Kier molecular flexibility index (Phi) is 1.93. The predicted molar refractivity (Wildman–Crippen MR) is 60.6 cm³/mol. The van der Waals surface area contributed by atoms with E-state index in [0.29, 0.717) is 0 Å². The van der Waals surface area contributed by atoms with Crippen LogP contribution in [0, 0.1) is 0 Å². The number of hydrogen-bond donors (Lipinski definition) is 0. The maximum atomic E-state index is 4.30. The van der Waals surface area contributed by atoms with Gasteiger partial charge in [0.1, 0.15) is 11.0 Å². The van der Waals surface area contributed by atoms with Gasteiger partial charge in [-0.2, -0.15) is 8.75 Å². The molecule has 0 fully saturated rings. The first-order chi connectivity index (χ1) is 7.43. The summed E-state index contributed by atoms with van der Waals surface area (Å²) < 4.78 is 8.37. The van der Waals surface area contributed by atoms with E-state index in [1.54, 1.807) is 6.20 Å². The van der Waals surface area contributed by atoms with Crippen LogP contribution in [0.15, 0.2) is 42.6 Å². The molecule has 0 unspecified atom stereocenters. The summed E-state index contributed by atoms with van der Waals surface area (Å²) >= 11 is 1.24. The van der Waals surface area contributed by atoms with Gasteiger partial charge < -0.3 is 0 Å². The smallest absolute Gasteiger partial charge is 0.105 e. The third-order valence-corrected chi connectivity index (χ3v) is 2.77. The molecule has 3 rings (SSSR count). The molecular weight excluding hydrogens is 206 g/mol. The summed E-state index contributed by atoms with van der Waals surface area (Å²) in [5.41, 5.74) is 3.92. The Morgan fingerprint density at radius 2 is 1.87 bits per heavy atom. The van der Waals surface area contributed by atoms with E-state index in [9.17, 15) is 0 Å². The third-order valence-electron chi connectivity index (χ3n) is 2.21. The van der Waals surface area contributed by atoms with Gasteiger partial charge >= 0.3 is 0 Å². The number of benzene rings is 1. The molecule has 2 aromatic heterocycles. The van der Waals surface area contributed by atoms with Gasteiger partial charge in [0.2, 0.25) is 0 Å². The van der Waals surface area contributed by atoms with E-state index in [1.807, 2.05) is 36.4 Å². The fourth-order valence-electron chi connectivity index (χ4n) is 1.47. The molecule has 3 nitrogen and oxygen atoms in total. The normalized spacial score (nSPS) is 10.7. The van der Waals surface area contributed by atoms with Gasteiger partial charge in [-0.05, 0) is 24.3 Å². The highest BCUT2D eigenvalue weighted by molar-refractivity contribution is 7.00. The molecule has 0 N–H and O–H groups in total. The van der Waals surface area contributed by atoms with E-state index in [-0.39, 0.29) is 0 Å². The lowest BCUT2D eigenvalue weighted by Gasteiger charge is -1.98. The second-order valence-electron chi connectivity index (χ2n) is 3.18. The average molecular weight is 213 g/mol. The fraction of sp³-hybridized carbons (Fsp3) is 0. The van der Waals surface area contributed by atoms with Crippen molar-refractivity contribution in [3.05, 3.63) is 42.6 Å². The van der Waals surface area contributed by atoms with Crippen LogP contribution in [0.3, 0.4) is 0 Å². The SMILES string of the molecule is c1ccc(-c2ccc3nsnc3c2)nc1. The van der Waals surface area contributed by atoms with Crippen molar-refractivity contribution in [2.75, 3.05) is 0 Å². The molecule has 0 radical (unpaired) electrons. The van der Waals surface area contributed by atoms with Crippen LogP contribution in [-0.2, 0) is 0 Å². The molecule has 3 aromatic rings. The van der Waals surface area contributed by atoms with Gasteiger partial charge in [-0.15, -0.1) is 0 Å². The van der Waals surface area contributed by atoms with Crippen LogP contribution in [0.5, 0.6) is 0 Å². The summed E-state index contributed by atoms with van der Waals surface area (Å²) in [6.07, 6.45) is 1.79. The van der Waals surface area contributed by atoms with Crippen LogP contribution in [0.25, 0.3) is 22.3 Å². The Morgan fingerprint density at radius 3 is 2.73 bits per heavy atom. The van der Waals surface area contributed by atoms with E-state index >= 15 is 0 Å². The van der Waals surface area contributed by atoms with Crippen LogP contribution in [0.4, 0.5) is 0 Å². The van der Waals surface area contributed by atoms with E-state index in [4.69, 9.17) is 0 Å². The largest absolute Gasteiger partial charge is 0.256 e. The van der Waals surface area contributed by atoms with Crippen LogP contribution >= 0.6 is 11.7 Å². The lowest BCUT2D eigenvalue weighted by Crippen LogP contribution is -1.81. The standard InChI is InChI=1S/C11H7N3S/c1-2-6-12-9(3-1)8-4-5-10-11(7-8)14-15-13-10/h1-7H. The number of fused-ring (bicyclic) bond motifs is 1. The van der Waals surface area contributed by atoms with Gasteiger partial charge in [-0.25, -0.2) is 0 Å². The highest BCUT2D eigenvalue weighted by Gasteiger charge is 2.02. The Morgan fingerprint density at radius 1 is 0.933 bits per heavy atom. The molecule has 0 aliphatic carbocycles. The minimum absolute atomic E-state index is 0.933.